The zero-order valence-corrected chi connectivity index (χ0v) is 18.0. The topological polar surface area (TPSA) is 36.4 Å². The Morgan fingerprint density at radius 3 is 2.61 bits per heavy atom. The quantitative estimate of drug-likeness (QED) is 0.564. The summed E-state index contributed by atoms with van der Waals surface area (Å²) < 4.78 is 0. The normalized spacial score (nSPS) is 25.0. The van der Waals surface area contributed by atoms with Gasteiger partial charge in [0.2, 0.25) is 0 Å². The third-order valence-electron chi connectivity index (χ3n) is 5.68. The summed E-state index contributed by atoms with van der Waals surface area (Å²) in [4.78, 5) is 5.02. The molecule has 2 aromatic rings. The molecule has 1 fully saturated rings. The van der Waals surface area contributed by atoms with Gasteiger partial charge in [-0.15, -0.1) is 0 Å². The number of fused-ring (bicyclic) bond motifs is 1. The average Bonchev–Trinajstić information content (AvgIpc) is 2.90. The van der Waals surface area contributed by atoms with Crippen LogP contribution in [-0.2, 0) is 6.54 Å². The number of nitrogens with one attached hydrogen (secondary N) is 2. The van der Waals surface area contributed by atoms with Crippen LogP contribution in [0.25, 0.3) is 0 Å². The zero-order chi connectivity index (χ0) is 20.0. The molecule has 3 nitrogen and oxygen atoms in total. The van der Waals surface area contributed by atoms with Crippen molar-refractivity contribution in [3.05, 3.63) is 59.1 Å². The second kappa shape index (κ2) is 9.47. The molecule has 28 heavy (non-hydrogen) atoms. The molecule has 2 aliphatic rings. The van der Waals surface area contributed by atoms with E-state index in [-0.39, 0.29) is 5.54 Å². The van der Waals surface area contributed by atoms with Gasteiger partial charge in [0.25, 0.3) is 0 Å². The number of amidine groups is 1. The monoisotopic (exact) mass is 397 g/mol. The summed E-state index contributed by atoms with van der Waals surface area (Å²) in [6.45, 7) is 7.01. The van der Waals surface area contributed by atoms with Crippen molar-refractivity contribution in [2.45, 2.75) is 65.0 Å². The summed E-state index contributed by atoms with van der Waals surface area (Å²) in [5.41, 5.74) is 3.35. The summed E-state index contributed by atoms with van der Waals surface area (Å²) in [5, 5.41) is 8.26. The third kappa shape index (κ3) is 4.70. The molecule has 4 heteroatoms. The molecule has 1 heterocycles. The molecule has 0 bridgehead atoms. The van der Waals surface area contributed by atoms with Crippen LogP contribution in [0.4, 0.5) is 11.4 Å². The smallest absolute Gasteiger partial charge is 0.127 e. The van der Waals surface area contributed by atoms with Crippen molar-refractivity contribution >= 4 is 28.8 Å². The number of hydrogen-bond acceptors (Lipinski definition) is 2. The fraction of sp³-hybridized carbons (Fsp3) is 0.458. The molecule has 1 aliphatic heterocycles. The number of aliphatic imine (C=N–C) groups is 1. The molecule has 1 aliphatic carbocycles. The van der Waals surface area contributed by atoms with Crippen molar-refractivity contribution in [1.82, 2.24) is 0 Å². The summed E-state index contributed by atoms with van der Waals surface area (Å²) in [7, 11) is 0. The maximum atomic E-state index is 6.14. The van der Waals surface area contributed by atoms with Crippen LogP contribution >= 0.6 is 11.6 Å². The van der Waals surface area contributed by atoms with Gasteiger partial charge in [-0.3, -0.25) is 4.99 Å². The van der Waals surface area contributed by atoms with Gasteiger partial charge in [0.15, 0.2) is 0 Å². The Balaban J connectivity index is 0.00000109. The molecule has 2 unspecified atom stereocenters. The predicted octanol–water partition coefficient (Wildman–Crippen LogP) is 7.14. The Hall–Kier alpha value is -2.00. The number of anilines is 2. The molecule has 0 radical (unpaired) electrons. The first-order valence-electron chi connectivity index (χ1n) is 10.6. The maximum Gasteiger partial charge on any atom is 0.127 e. The number of hydrogen-bond donors (Lipinski definition) is 2. The van der Waals surface area contributed by atoms with Crippen molar-refractivity contribution in [3.8, 4) is 0 Å². The van der Waals surface area contributed by atoms with Gasteiger partial charge in [-0.05, 0) is 55.0 Å². The van der Waals surface area contributed by atoms with E-state index in [4.69, 9.17) is 16.6 Å². The first kappa shape index (κ1) is 20.7. The Bertz CT molecular complexity index is 817. The highest BCUT2D eigenvalue weighted by Gasteiger charge is 2.40. The van der Waals surface area contributed by atoms with Gasteiger partial charge in [-0.25, -0.2) is 0 Å². The molecule has 2 atom stereocenters. The van der Waals surface area contributed by atoms with E-state index < -0.39 is 0 Å². The van der Waals surface area contributed by atoms with Crippen LogP contribution in [0, 0.1) is 5.92 Å². The van der Waals surface area contributed by atoms with Crippen LogP contribution in [0.1, 0.15) is 58.4 Å². The summed E-state index contributed by atoms with van der Waals surface area (Å²) in [6.07, 6.45) is 5.99. The minimum Gasteiger partial charge on any atom is -0.371 e. The molecule has 1 spiro atoms. The Labute approximate surface area is 174 Å². The Kier molecular flexibility index (Phi) is 7.01. The summed E-state index contributed by atoms with van der Waals surface area (Å²) in [6, 6.07) is 16.4. The van der Waals surface area contributed by atoms with Gasteiger partial charge >= 0.3 is 0 Å². The van der Waals surface area contributed by atoms with Gasteiger partial charge in [-0.1, -0.05) is 69.5 Å². The van der Waals surface area contributed by atoms with Crippen molar-refractivity contribution in [2.75, 3.05) is 10.6 Å². The van der Waals surface area contributed by atoms with Crippen LogP contribution in [0.5, 0.6) is 0 Å². The first-order chi connectivity index (χ1) is 13.6. The molecule has 150 valence electrons. The fourth-order valence-electron chi connectivity index (χ4n) is 4.14. The lowest BCUT2D eigenvalue weighted by Crippen LogP contribution is -2.52. The highest BCUT2D eigenvalue weighted by molar-refractivity contribution is 6.30. The number of benzene rings is 2. The van der Waals surface area contributed by atoms with Crippen LogP contribution in [-0.4, -0.2) is 11.4 Å². The maximum absolute atomic E-state index is 6.14. The molecular weight excluding hydrogens is 366 g/mol. The van der Waals surface area contributed by atoms with E-state index in [1.807, 2.05) is 32.0 Å². The van der Waals surface area contributed by atoms with Crippen LogP contribution < -0.4 is 10.6 Å². The molecular formula is C24H32ClN3. The lowest BCUT2D eigenvalue weighted by atomic mass is 9.85. The first-order valence-corrected chi connectivity index (χ1v) is 11.0. The van der Waals surface area contributed by atoms with E-state index in [0.717, 1.165) is 40.9 Å². The highest BCUT2D eigenvalue weighted by Crippen LogP contribution is 2.40. The van der Waals surface area contributed by atoms with E-state index >= 15 is 0 Å². The minimum absolute atomic E-state index is 0.0856. The molecule has 1 saturated carbocycles. The molecule has 0 aromatic heterocycles. The van der Waals surface area contributed by atoms with Crippen molar-refractivity contribution in [2.24, 2.45) is 10.9 Å². The van der Waals surface area contributed by atoms with Gasteiger partial charge in [-0.2, -0.15) is 0 Å². The number of nitrogens with zero attached hydrogens (tertiary/aromatic N) is 1. The largest absolute Gasteiger partial charge is 0.371 e. The molecule has 0 saturated heterocycles. The van der Waals surface area contributed by atoms with Gasteiger partial charge in [0.05, 0.1) is 23.5 Å². The Morgan fingerprint density at radius 1 is 1.04 bits per heavy atom. The van der Waals surface area contributed by atoms with E-state index in [0.29, 0.717) is 6.54 Å². The number of halogens is 1. The lowest BCUT2D eigenvalue weighted by Gasteiger charge is -2.41. The SMILES string of the molecule is CC.CC1CCCC2(CC1)Nc1ccccc1NC2=NCc1cccc(Cl)c1. The van der Waals surface area contributed by atoms with Crippen molar-refractivity contribution in [1.29, 1.82) is 0 Å². The van der Waals surface area contributed by atoms with E-state index in [1.54, 1.807) is 0 Å². The number of para-hydroxylation sites is 2. The second-order valence-corrected chi connectivity index (χ2v) is 8.14. The summed E-state index contributed by atoms with van der Waals surface area (Å²) >= 11 is 6.14. The van der Waals surface area contributed by atoms with E-state index in [1.165, 1.54) is 24.9 Å². The van der Waals surface area contributed by atoms with Gasteiger partial charge in [0.1, 0.15) is 5.84 Å². The predicted molar refractivity (Wildman–Crippen MR) is 123 cm³/mol. The van der Waals surface area contributed by atoms with Crippen LogP contribution in [0.3, 0.4) is 0 Å². The van der Waals surface area contributed by atoms with Crippen LogP contribution in [0.15, 0.2) is 53.5 Å². The zero-order valence-electron chi connectivity index (χ0n) is 17.3. The van der Waals surface area contributed by atoms with Crippen LogP contribution in [0.2, 0.25) is 5.02 Å². The molecule has 2 N–H and O–H groups in total. The fourth-order valence-corrected chi connectivity index (χ4v) is 4.35. The standard InChI is InChI=1S/C22H26ClN3.C2H6/c1-16-6-5-12-22(13-11-16)21(24-15-17-7-4-8-18(23)14-17)25-19-9-2-3-10-20(19)26-22;1-2/h2-4,7-10,14,16,26H,5-6,11-13,15H2,1H3,(H,24,25);1-2H3. The lowest BCUT2D eigenvalue weighted by molar-refractivity contribution is 0.486. The summed E-state index contributed by atoms with van der Waals surface area (Å²) in [5.74, 6) is 1.85. The van der Waals surface area contributed by atoms with E-state index in [2.05, 4.69) is 47.9 Å². The average molecular weight is 398 g/mol. The van der Waals surface area contributed by atoms with Crippen molar-refractivity contribution in [3.63, 3.8) is 0 Å². The highest BCUT2D eigenvalue weighted by atomic mass is 35.5. The van der Waals surface area contributed by atoms with Gasteiger partial charge in [0, 0.05) is 5.02 Å². The van der Waals surface area contributed by atoms with Crippen molar-refractivity contribution < 1.29 is 0 Å². The molecule has 0 amide bonds. The third-order valence-corrected chi connectivity index (χ3v) is 5.92. The molecule has 2 aromatic carbocycles. The molecule has 4 rings (SSSR count). The Morgan fingerprint density at radius 2 is 1.82 bits per heavy atom. The number of rotatable bonds is 2. The minimum atomic E-state index is -0.0856. The van der Waals surface area contributed by atoms with Gasteiger partial charge < -0.3 is 10.6 Å². The second-order valence-electron chi connectivity index (χ2n) is 7.71. The van der Waals surface area contributed by atoms with E-state index in [9.17, 15) is 0 Å².